The van der Waals surface area contributed by atoms with Crippen LogP contribution < -0.4 is 5.32 Å². The molecule has 1 aromatic carbocycles. The topological polar surface area (TPSA) is 55.6 Å². The molecule has 2 heterocycles. The fraction of sp³-hybridized carbons (Fsp3) is 0.462. The van der Waals surface area contributed by atoms with E-state index < -0.39 is 0 Å². The van der Waals surface area contributed by atoms with Gasteiger partial charge >= 0.3 is 0 Å². The molecule has 0 spiro atoms. The number of rotatable bonds is 3. The summed E-state index contributed by atoms with van der Waals surface area (Å²) in [5.74, 6) is 0.929. The van der Waals surface area contributed by atoms with Gasteiger partial charge in [-0.2, -0.15) is 4.68 Å². The molecule has 94 valence electrons. The molecule has 1 N–H and O–H groups in total. The first-order valence-corrected chi connectivity index (χ1v) is 6.40. The molecule has 3 rings (SSSR count). The molecule has 1 aromatic heterocycles. The predicted molar refractivity (Wildman–Crippen MR) is 68.6 cm³/mol. The van der Waals surface area contributed by atoms with Gasteiger partial charge < -0.3 is 5.32 Å². The summed E-state index contributed by atoms with van der Waals surface area (Å²) in [6.07, 6.45) is 3.35. The van der Waals surface area contributed by atoms with Crippen LogP contribution in [0, 0.1) is 6.92 Å². The van der Waals surface area contributed by atoms with Gasteiger partial charge in [-0.05, 0) is 48.9 Å². The highest BCUT2D eigenvalue weighted by molar-refractivity contribution is 5.33. The summed E-state index contributed by atoms with van der Waals surface area (Å²) in [5, 5.41) is 15.5. The highest BCUT2D eigenvalue weighted by Gasteiger charge is 2.18. The lowest BCUT2D eigenvalue weighted by atomic mass is 10.1. The normalized spacial score (nSPS) is 19.3. The Morgan fingerprint density at radius 3 is 2.89 bits per heavy atom. The average Bonchev–Trinajstić information content (AvgIpc) is 3.02. The number of nitrogens with zero attached hydrogens (tertiary/aromatic N) is 4. The number of nitrogens with one attached hydrogen (secondary N) is 1. The first-order chi connectivity index (χ1) is 8.83. The second-order valence-electron chi connectivity index (χ2n) is 4.84. The van der Waals surface area contributed by atoms with Gasteiger partial charge in [0, 0.05) is 12.5 Å². The molecule has 0 aliphatic carbocycles. The van der Waals surface area contributed by atoms with E-state index in [4.69, 9.17) is 0 Å². The number of benzene rings is 1. The van der Waals surface area contributed by atoms with E-state index in [1.165, 1.54) is 18.4 Å². The molecule has 5 nitrogen and oxygen atoms in total. The number of hydrogen-bond acceptors (Lipinski definition) is 4. The largest absolute Gasteiger partial charge is 0.314 e. The Hall–Kier alpha value is -1.75. The lowest BCUT2D eigenvalue weighted by Gasteiger charge is -2.09. The Kier molecular flexibility index (Phi) is 3.06. The second-order valence-corrected chi connectivity index (χ2v) is 4.84. The quantitative estimate of drug-likeness (QED) is 0.882. The van der Waals surface area contributed by atoms with E-state index >= 15 is 0 Å². The summed E-state index contributed by atoms with van der Waals surface area (Å²) in [6.45, 7) is 3.18. The lowest BCUT2D eigenvalue weighted by Crippen LogP contribution is -2.25. The molecule has 5 heteroatoms. The van der Waals surface area contributed by atoms with Crippen LogP contribution in [0.2, 0.25) is 0 Å². The molecule has 1 aliphatic rings. The molecule has 1 aliphatic heterocycles. The van der Waals surface area contributed by atoms with Gasteiger partial charge in [-0.25, -0.2) is 0 Å². The van der Waals surface area contributed by atoms with Gasteiger partial charge in [0.2, 0.25) is 0 Å². The van der Waals surface area contributed by atoms with Crippen LogP contribution in [0.15, 0.2) is 24.3 Å². The van der Waals surface area contributed by atoms with Gasteiger partial charge in [-0.15, -0.1) is 5.10 Å². The molecule has 1 saturated heterocycles. The fourth-order valence-electron chi connectivity index (χ4n) is 2.37. The Labute approximate surface area is 106 Å². The van der Waals surface area contributed by atoms with E-state index in [9.17, 15) is 0 Å². The number of tetrazole rings is 1. The van der Waals surface area contributed by atoms with E-state index in [1.54, 1.807) is 0 Å². The van der Waals surface area contributed by atoms with E-state index in [2.05, 4.69) is 52.0 Å². The van der Waals surface area contributed by atoms with Crippen molar-refractivity contribution >= 4 is 0 Å². The van der Waals surface area contributed by atoms with Gasteiger partial charge in [0.1, 0.15) is 0 Å². The van der Waals surface area contributed by atoms with Crippen LogP contribution in [0.25, 0.3) is 5.69 Å². The third-order valence-electron chi connectivity index (χ3n) is 3.40. The van der Waals surface area contributed by atoms with Crippen LogP contribution in [0.3, 0.4) is 0 Å². The predicted octanol–water partition coefficient (Wildman–Crippen LogP) is 1.27. The van der Waals surface area contributed by atoms with Gasteiger partial charge in [0.15, 0.2) is 5.82 Å². The molecule has 0 bridgehead atoms. The molecule has 1 atom stereocenters. The first kappa shape index (κ1) is 11.3. The Balaban J connectivity index is 1.84. The summed E-state index contributed by atoms with van der Waals surface area (Å²) in [4.78, 5) is 0. The highest BCUT2D eigenvalue weighted by atomic mass is 15.5. The minimum absolute atomic E-state index is 0.514. The number of hydrogen-bond donors (Lipinski definition) is 1. The minimum atomic E-state index is 0.514. The monoisotopic (exact) mass is 243 g/mol. The lowest BCUT2D eigenvalue weighted by molar-refractivity contribution is 0.575. The summed E-state index contributed by atoms with van der Waals surface area (Å²) in [7, 11) is 0. The van der Waals surface area contributed by atoms with E-state index in [0.717, 1.165) is 24.5 Å². The van der Waals surface area contributed by atoms with Crippen molar-refractivity contribution in [1.29, 1.82) is 0 Å². The van der Waals surface area contributed by atoms with Gasteiger partial charge in [-0.3, -0.25) is 0 Å². The Bertz CT molecular complexity index is 510. The second kappa shape index (κ2) is 4.86. The van der Waals surface area contributed by atoms with Crippen LogP contribution in [-0.2, 0) is 6.42 Å². The SMILES string of the molecule is Cc1ccc(-n2nnnc2CC2CCCN2)cc1. The van der Waals surface area contributed by atoms with Crippen LogP contribution in [0.1, 0.15) is 24.2 Å². The van der Waals surface area contributed by atoms with E-state index in [0.29, 0.717) is 6.04 Å². The van der Waals surface area contributed by atoms with Crippen molar-refractivity contribution in [2.45, 2.75) is 32.2 Å². The fourth-order valence-corrected chi connectivity index (χ4v) is 2.37. The van der Waals surface area contributed by atoms with Crippen LogP contribution in [0.5, 0.6) is 0 Å². The Morgan fingerprint density at radius 2 is 2.17 bits per heavy atom. The summed E-state index contributed by atoms with van der Waals surface area (Å²) in [5.41, 5.74) is 2.27. The molecule has 0 radical (unpaired) electrons. The van der Waals surface area contributed by atoms with E-state index in [1.807, 2.05) is 4.68 Å². The van der Waals surface area contributed by atoms with Crippen molar-refractivity contribution in [1.82, 2.24) is 25.5 Å². The zero-order valence-corrected chi connectivity index (χ0v) is 10.5. The summed E-state index contributed by atoms with van der Waals surface area (Å²) in [6, 6.07) is 8.78. The average molecular weight is 243 g/mol. The van der Waals surface area contributed by atoms with E-state index in [-0.39, 0.29) is 0 Å². The van der Waals surface area contributed by atoms with Crippen molar-refractivity contribution in [2.24, 2.45) is 0 Å². The van der Waals surface area contributed by atoms with Crippen molar-refractivity contribution in [2.75, 3.05) is 6.54 Å². The Morgan fingerprint density at radius 1 is 1.33 bits per heavy atom. The minimum Gasteiger partial charge on any atom is -0.314 e. The molecule has 0 saturated carbocycles. The van der Waals surface area contributed by atoms with Crippen molar-refractivity contribution < 1.29 is 0 Å². The number of aryl methyl sites for hydroxylation is 1. The zero-order chi connectivity index (χ0) is 12.4. The number of aromatic nitrogens is 4. The van der Waals surface area contributed by atoms with Crippen molar-refractivity contribution in [3.8, 4) is 5.69 Å². The van der Waals surface area contributed by atoms with Gasteiger partial charge in [-0.1, -0.05) is 17.7 Å². The zero-order valence-electron chi connectivity index (χ0n) is 10.5. The third-order valence-corrected chi connectivity index (χ3v) is 3.40. The molecular weight excluding hydrogens is 226 g/mol. The van der Waals surface area contributed by atoms with Crippen molar-refractivity contribution in [3.05, 3.63) is 35.7 Å². The summed E-state index contributed by atoms with van der Waals surface area (Å²) < 4.78 is 1.83. The maximum atomic E-state index is 4.14. The maximum absolute atomic E-state index is 4.14. The standard InChI is InChI=1S/C13H17N5/c1-10-4-6-12(7-5-10)18-13(15-16-17-18)9-11-3-2-8-14-11/h4-7,11,14H,2-3,8-9H2,1H3. The highest BCUT2D eigenvalue weighted by Crippen LogP contribution is 2.13. The molecule has 1 unspecified atom stereocenters. The van der Waals surface area contributed by atoms with Crippen molar-refractivity contribution in [3.63, 3.8) is 0 Å². The van der Waals surface area contributed by atoms with Gasteiger partial charge in [0.05, 0.1) is 5.69 Å². The molecule has 1 fully saturated rings. The van der Waals surface area contributed by atoms with Crippen LogP contribution in [0.4, 0.5) is 0 Å². The molecule has 18 heavy (non-hydrogen) atoms. The smallest absolute Gasteiger partial charge is 0.158 e. The first-order valence-electron chi connectivity index (χ1n) is 6.40. The van der Waals surface area contributed by atoms with Crippen LogP contribution in [-0.4, -0.2) is 32.8 Å². The molecular formula is C13H17N5. The van der Waals surface area contributed by atoms with Crippen LogP contribution >= 0.6 is 0 Å². The van der Waals surface area contributed by atoms with Gasteiger partial charge in [0.25, 0.3) is 0 Å². The maximum Gasteiger partial charge on any atom is 0.158 e. The summed E-state index contributed by atoms with van der Waals surface area (Å²) >= 11 is 0. The molecule has 2 aromatic rings. The third kappa shape index (κ3) is 2.26. The molecule has 0 amide bonds.